The van der Waals surface area contributed by atoms with Crippen molar-refractivity contribution in [2.24, 2.45) is 0 Å². The van der Waals surface area contributed by atoms with Crippen molar-refractivity contribution in [3.63, 3.8) is 0 Å². The van der Waals surface area contributed by atoms with Gasteiger partial charge in [-0.3, -0.25) is 4.79 Å². The molecule has 1 heterocycles. The van der Waals surface area contributed by atoms with Crippen LogP contribution in [0.1, 0.15) is 36.5 Å². The average molecular weight is 246 g/mol. The lowest BCUT2D eigenvalue weighted by molar-refractivity contribution is -0.132. The fourth-order valence-corrected chi connectivity index (χ4v) is 2.64. The maximum Gasteiger partial charge on any atom is 0.231 e. The molecule has 18 heavy (non-hydrogen) atoms. The van der Waals surface area contributed by atoms with E-state index in [9.17, 15) is 4.79 Å². The molecule has 0 spiro atoms. The molecular weight excluding hydrogens is 224 g/mol. The van der Waals surface area contributed by atoms with Crippen LogP contribution in [0.2, 0.25) is 0 Å². The van der Waals surface area contributed by atoms with E-state index >= 15 is 0 Å². The van der Waals surface area contributed by atoms with Crippen LogP contribution in [0.25, 0.3) is 0 Å². The largest absolute Gasteiger partial charge is 0.343 e. The second-order valence-corrected chi connectivity index (χ2v) is 4.90. The van der Waals surface area contributed by atoms with Gasteiger partial charge >= 0.3 is 0 Å². The number of nitrogens with zero attached hydrogens (tertiary/aromatic N) is 1. The molecule has 0 aromatic heterocycles. The van der Waals surface area contributed by atoms with E-state index in [1.165, 1.54) is 16.7 Å². The van der Waals surface area contributed by atoms with E-state index in [0.717, 1.165) is 26.2 Å². The molecular formula is C15H22N2O. The Balaban J connectivity index is 2.32. The lowest BCUT2D eigenvalue weighted by atomic mass is 9.88. The van der Waals surface area contributed by atoms with Crippen LogP contribution in [-0.4, -0.2) is 30.4 Å². The summed E-state index contributed by atoms with van der Waals surface area (Å²) in [5.74, 6) is 0.229. The normalized spacial score (nSPS) is 18.3. The zero-order chi connectivity index (χ0) is 13.1. The van der Waals surface area contributed by atoms with Crippen molar-refractivity contribution in [1.29, 1.82) is 0 Å². The summed E-state index contributed by atoms with van der Waals surface area (Å²) in [4.78, 5) is 14.4. The third kappa shape index (κ3) is 2.41. The lowest BCUT2D eigenvalue weighted by Gasteiger charge is -2.30. The third-order valence-electron chi connectivity index (χ3n) is 3.71. The first-order valence-electron chi connectivity index (χ1n) is 6.76. The lowest BCUT2D eigenvalue weighted by Crippen LogP contribution is -2.41. The van der Waals surface area contributed by atoms with Crippen LogP contribution in [0.3, 0.4) is 0 Å². The van der Waals surface area contributed by atoms with Crippen molar-refractivity contribution in [3.8, 4) is 0 Å². The first-order valence-corrected chi connectivity index (χ1v) is 6.76. The highest BCUT2D eigenvalue weighted by Crippen LogP contribution is 2.26. The molecule has 1 aromatic carbocycles. The third-order valence-corrected chi connectivity index (χ3v) is 3.71. The van der Waals surface area contributed by atoms with Crippen LogP contribution in [0.4, 0.5) is 0 Å². The molecule has 3 heteroatoms. The number of aryl methyl sites for hydroxylation is 1. The molecule has 1 atom stereocenters. The van der Waals surface area contributed by atoms with Crippen molar-refractivity contribution in [3.05, 3.63) is 34.9 Å². The summed E-state index contributed by atoms with van der Waals surface area (Å²) in [5.41, 5.74) is 3.70. The predicted octanol–water partition coefficient (Wildman–Crippen LogP) is 2.05. The Bertz CT molecular complexity index is 438. The van der Waals surface area contributed by atoms with Crippen LogP contribution in [0.5, 0.6) is 0 Å². The van der Waals surface area contributed by atoms with Gasteiger partial charge in [0.05, 0.1) is 5.92 Å². The number of benzene rings is 1. The second-order valence-electron chi connectivity index (χ2n) is 4.90. The summed E-state index contributed by atoms with van der Waals surface area (Å²) in [6.07, 6.45) is 0. The molecule has 0 bridgehead atoms. The van der Waals surface area contributed by atoms with E-state index < -0.39 is 0 Å². The Labute approximate surface area is 109 Å². The maximum absolute atomic E-state index is 12.5. The Morgan fingerprint density at radius 1 is 1.39 bits per heavy atom. The zero-order valence-corrected chi connectivity index (χ0v) is 11.5. The van der Waals surface area contributed by atoms with Gasteiger partial charge in [0, 0.05) is 26.2 Å². The number of rotatable bonds is 3. The Hall–Kier alpha value is -1.35. The molecule has 1 unspecified atom stereocenters. The quantitative estimate of drug-likeness (QED) is 0.885. The number of hydrogen-bond donors (Lipinski definition) is 1. The van der Waals surface area contributed by atoms with Gasteiger partial charge in [0.1, 0.15) is 0 Å². The van der Waals surface area contributed by atoms with Gasteiger partial charge in [0.25, 0.3) is 0 Å². The van der Waals surface area contributed by atoms with Crippen LogP contribution < -0.4 is 5.32 Å². The minimum Gasteiger partial charge on any atom is -0.343 e. The molecule has 0 aliphatic carbocycles. The van der Waals surface area contributed by atoms with E-state index in [-0.39, 0.29) is 11.8 Å². The molecule has 0 saturated carbocycles. The fraction of sp³-hybridized carbons (Fsp3) is 0.533. The molecule has 1 N–H and O–H groups in total. The summed E-state index contributed by atoms with van der Waals surface area (Å²) in [6, 6.07) is 6.42. The molecule has 3 nitrogen and oxygen atoms in total. The van der Waals surface area contributed by atoms with Gasteiger partial charge < -0.3 is 10.2 Å². The van der Waals surface area contributed by atoms with Crippen LogP contribution >= 0.6 is 0 Å². The Morgan fingerprint density at radius 3 is 2.78 bits per heavy atom. The Morgan fingerprint density at radius 2 is 2.11 bits per heavy atom. The SMILES string of the molecule is CCN(CC)C(=O)C1CNCc2ccc(C)cc21. The maximum atomic E-state index is 12.5. The van der Waals surface area contributed by atoms with Gasteiger partial charge in [0.2, 0.25) is 5.91 Å². The minimum atomic E-state index is -0.0199. The number of carbonyl (C=O) groups excluding carboxylic acids is 1. The van der Waals surface area contributed by atoms with Gasteiger partial charge in [-0.2, -0.15) is 0 Å². The van der Waals surface area contributed by atoms with Gasteiger partial charge in [0.15, 0.2) is 0 Å². The summed E-state index contributed by atoms with van der Waals surface area (Å²) in [6.45, 7) is 9.36. The monoisotopic (exact) mass is 246 g/mol. The molecule has 1 amide bonds. The molecule has 1 aromatic rings. The highest BCUT2D eigenvalue weighted by Gasteiger charge is 2.28. The first-order chi connectivity index (χ1) is 8.67. The average Bonchev–Trinajstić information content (AvgIpc) is 2.39. The van der Waals surface area contributed by atoms with Gasteiger partial charge in [-0.1, -0.05) is 23.8 Å². The molecule has 0 radical (unpaired) electrons. The zero-order valence-electron chi connectivity index (χ0n) is 11.5. The van der Waals surface area contributed by atoms with Gasteiger partial charge in [-0.15, -0.1) is 0 Å². The van der Waals surface area contributed by atoms with E-state index in [4.69, 9.17) is 0 Å². The highest BCUT2D eigenvalue weighted by atomic mass is 16.2. The number of carbonyl (C=O) groups is 1. The highest BCUT2D eigenvalue weighted by molar-refractivity contribution is 5.84. The number of nitrogens with one attached hydrogen (secondary N) is 1. The summed E-state index contributed by atoms with van der Waals surface area (Å²) in [7, 11) is 0. The van der Waals surface area contributed by atoms with Crippen molar-refractivity contribution >= 4 is 5.91 Å². The topological polar surface area (TPSA) is 32.3 Å². The van der Waals surface area contributed by atoms with Gasteiger partial charge in [-0.25, -0.2) is 0 Å². The van der Waals surface area contributed by atoms with E-state index in [1.54, 1.807) is 0 Å². The fourth-order valence-electron chi connectivity index (χ4n) is 2.64. The van der Waals surface area contributed by atoms with E-state index in [2.05, 4.69) is 30.4 Å². The van der Waals surface area contributed by atoms with Gasteiger partial charge in [-0.05, 0) is 31.9 Å². The first kappa shape index (κ1) is 13.1. The summed E-state index contributed by atoms with van der Waals surface area (Å²) < 4.78 is 0. The van der Waals surface area contributed by atoms with E-state index in [1.807, 2.05) is 18.7 Å². The van der Waals surface area contributed by atoms with Crippen LogP contribution in [0, 0.1) is 6.92 Å². The molecule has 1 aliphatic heterocycles. The molecule has 2 rings (SSSR count). The van der Waals surface area contributed by atoms with E-state index in [0.29, 0.717) is 0 Å². The minimum absolute atomic E-state index is 0.0199. The standard InChI is InChI=1S/C15H22N2O/c1-4-17(5-2)15(18)14-10-16-9-12-7-6-11(3)8-13(12)14/h6-8,14,16H,4-5,9-10H2,1-3H3. The Kier molecular flexibility index (Phi) is 4.02. The van der Waals surface area contributed by atoms with Crippen molar-refractivity contribution in [2.45, 2.75) is 33.2 Å². The number of likely N-dealkylation sites (N-methyl/N-ethyl adjacent to an activating group) is 1. The van der Waals surface area contributed by atoms with Crippen LogP contribution in [-0.2, 0) is 11.3 Å². The number of amides is 1. The predicted molar refractivity (Wildman–Crippen MR) is 73.6 cm³/mol. The molecule has 98 valence electrons. The summed E-state index contributed by atoms with van der Waals surface area (Å²) in [5, 5.41) is 3.35. The molecule has 0 fully saturated rings. The number of fused-ring (bicyclic) bond motifs is 1. The molecule has 1 aliphatic rings. The van der Waals surface area contributed by atoms with Crippen LogP contribution in [0.15, 0.2) is 18.2 Å². The summed E-state index contributed by atoms with van der Waals surface area (Å²) >= 11 is 0. The van der Waals surface area contributed by atoms with Crippen molar-refractivity contribution in [1.82, 2.24) is 10.2 Å². The van der Waals surface area contributed by atoms with Crippen molar-refractivity contribution < 1.29 is 4.79 Å². The smallest absolute Gasteiger partial charge is 0.231 e. The van der Waals surface area contributed by atoms with Crippen molar-refractivity contribution in [2.75, 3.05) is 19.6 Å². The number of hydrogen-bond acceptors (Lipinski definition) is 2. The second kappa shape index (κ2) is 5.53. The molecule has 0 saturated heterocycles.